The van der Waals surface area contributed by atoms with Gasteiger partial charge in [0.25, 0.3) is 0 Å². The summed E-state index contributed by atoms with van der Waals surface area (Å²) in [4.78, 5) is 14.7. The highest BCUT2D eigenvalue weighted by atomic mass is 35.5. The zero-order chi connectivity index (χ0) is 16.9. The number of aromatic nitrogens is 2. The third-order valence-corrected chi connectivity index (χ3v) is 5.17. The predicted molar refractivity (Wildman–Crippen MR) is 102 cm³/mol. The van der Waals surface area contributed by atoms with Crippen molar-refractivity contribution in [3.05, 3.63) is 18.0 Å². The molecule has 7 heteroatoms. The van der Waals surface area contributed by atoms with E-state index in [0.717, 1.165) is 45.6 Å². The first kappa shape index (κ1) is 20.2. The Morgan fingerprint density at radius 2 is 2.24 bits per heavy atom. The summed E-state index contributed by atoms with van der Waals surface area (Å²) in [5.41, 5.74) is 1.28. The normalized spacial score (nSPS) is 24.3. The van der Waals surface area contributed by atoms with Crippen molar-refractivity contribution in [2.75, 3.05) is 26.2 Å². The summed E-state index contributed by atoms with van der Waals surface area (Å²) in [5, 5.41) is 10.9. The van der Waals surface area contributed by atoms with E-state index in [9.17, 15) is 4.79 Å². The van der Waals surface area contributed by atoms with E-state index in [1.54, 1.807) is 0 Å². The Morgan fingerprint density at radius 3 is 2.96 bits per heavy atom. The van der Waals surface area contributed by atoms with E-state index < -0.39 is 0 Å². The fourth-order valence-corrected chi connectivity index (χ4v) is 3.90. The molecule has 2 unspecified atom stereocenters. The standard InChI is InChI=1S/C18H31N5O.ClH/c1-14(2)23-16(7-9-21-23)13-22-10-4-5-15(12-22)11-20-18(24)17-6-3-8-19-17;/h7,9,14-15,17,19H,3-6,8,10-13H2,1-2H3,(H,20,24);1H. The van der Waals surface area contributed by atoms with E-state index in [1.165, 1.54) is 18.5 Å². The molecule has 1 amide bonds. The molecule has 2 N–H and O–H groups in total. The molecule has 2 saturated heterocycles. The lowest BCUT2D eigenvalue weighted by Crippen LogP contribution is -2.45. The molecule has 6 nitrogen and oxygen atoms in total. The van der Waals surface area contributed by atoms with Gasteiger partial charge in [-0.05, 0) is 64.6 Å². The molecule has 0 spiro atoms. The van der Waals surface area contributed by atoms with E-state index in [-0.39, 0.29) is 24.4 Å². The molecule has 0 radical (unpaired) electrons. The Kier molecular flexibility index (Phi) is 7.72. The van der Waals surface area contributed by atoms with Crippen LogP contribution in [-0.2, 0) is 11.3 Å². The molecule has 0 aliphatic carbocycles. The van der Waals surface area contributed by atoms with Crippen LogP contribution in [0.4, 0.5) is 0 Å². The Hall–Kier alpha value is -1.11. The van der Waals surface area contributed by atoms with Gasteiger partial charge in [0.15, 0.2) is 0 Å². The lowest BCUT2D eigenvalue weighted by molar-refractivity contribution is -0.123. The Morgan fingerprint density at radius 1 is 1.40 bits per heavy atom. The number of hydrogen-bond donors (Lipinski definition) is 2. The first-order valence-corrected chi connectivity index (χ1v) is 9.39. The molecule has 0 aromatic carbocycles. The highest BCUT2D eigenvalue weighted by Crippen LogP contribution is 2.19. The van der Waals surface area contributed by atoms with Crippen LogP contribution in [0.2, 0.25) is 0 Å². The van der Waals surface area contributed by atoms with E-state index in [4.69, 9.17) is 0 Å². The molecule has 1 aromatic heterocycles. The Balaban J connectivity index is 0.00000225. The SMILES string of the molecule is CC(C)n1nccc1CN1CCCC(CNC(=O)C2CCCN2)C1.Cl. The lowest BCUT2D eigenvalue weighted by Gasteiger charge is -2.33. The third-order valence-electron chi connectivity index (χ3n) is 5.17. The van der Waals surface area contributed by atoms with Crippen molar-refractivity contribution >= 4 is 18.3 Å². The quantitative estimate of drug-likeness (QED) is 0.804. The van der Waals surface area contributed by atoms with Gasteiger partial charge in [-0.1, -0.05) is 0 Å². The van der Waals surface area contributed by atoms with Crippen LogP contribution in [0.3, 0.4) is 0 Å². The van der Waals surface area contributed by atoms with Gasteiger partial charge in [-0.25, -0.2) is 0 Å². The van der Waals surface area contributed by atoms with Gasteiger partial charge >= 0.3 is 0 Å². The molecule has 2 atom stereocenters. The van der Waals surface area contributed by atoms with E-state index in [1.807, 2.05) is 6.20 Å². The molecular weight excluding hydrogens is 338 g/mol. The summed E-state index contributed by atoms with van der Waals surface area (Å²) in [5.74, 6) is 0.738. The van der Waals surface area contributed by atoms with Crippen LogP contribution in [0.25, 0.3) is 0 Å². The molecule has 2 fully saturated rings. The second-order valence-corrected chi connectivity index (χ2v) is 7.50. The molecule has 2 aliphatic rings. The second kappa shape index (κ2) is 9.55. The fraction of sp³-hybridized carbons (Fsp3) is 0.778. The summed E-state index contributed by atoms with van der Waals surface area (Å²) < 4.78 is 2.11. The maximum Gasteiger partial charge on any atom is 0.237 e. The number of nitrogens with one attached hydrogen (secondary N) is 2. The van der Waals surface area contributed by atoms with Gasteiger partial charge in [0.2, 0.25) is 5.91 Å². The van der Waals surface area contributed by atoms with Crippen molar-refractivity contribution in [2.24, 2.45) is 5.92 Å². The van der Waals surface area contributed by atoms with Crippen LogP contribution in [0, 0.1) is 5.92 Å². The first-order valence-electron chi connectivity index (χ1n) is 9.39. The van der Waals surface area contributed by atoms with Gasteiger partial charge in [0, 0.05) is 31.9 Å². The van der Waals surface area contributed by atoms with Crippen LogP contribution in [0.1, 0.15) is 51.3 Å². The largest absolute Gasteiger partial charge is 0.354 e. The zero-order valence-electron chi connectivity index (χ0n) is 15.4. The summed E-state index contributed by atoms with van der Waals surface area (Å²) in [6.07, 6.45) is 6.39. The average Bonchev–Trinajstić information content (AvgIpc) is 3.24. The van der Waals surface area contributed by atoms with Crippen molar-refractivity contribution in [1.29, 1.82) is 0 Å². The monoisotopic (exact) mass is 369 g/mol. The van der Waals surface area contributed by atoms with Gasteiger partial charge in [-0.3, -0.25) is 14.4 Å². The van der Waals surface area contributed by atoms with Crippen LogP contribution in [0.5, 0.6) is 0 Å². The van der Waals surface area contributed by atoms with Crippen molar-refractivity contribution in [1.82, 2.24) is 25.3 Å². The highest BCUT2D eigenvalue weighted by molar-refractivity contribution is 5.85. The minimum Gasteiger partial charge on any atom is -0.354 e. The van der Waals surface area contributed by atoms with Gasteiger partial charge in [0.05, 0.1) is 11.7 Å². The maximum absolute atomic E-state index is 12.1. The highest BCUT2D eigenvalue weighted by Gasteiger charge is 2.25. The van der Waals surface area contributed by atoms with Crippen molar-refractivity contribution in [2.45, 2.75) is 58.2 Å². The molecule has 3 heterocycles. The molecular formula is C18H32ClN5O. The lowest BCUT2D eigenvalue weighted by atomic mass is 9.97. The molecule has 0 saturated carbocycles. The summed E-state index contributed by atoms with van der Waals surface area (Å²) >= 11 is 0. The van der Waals surface area contributed by atoms with Crippen molar-refractivity contribution < 1.29 is 4.79 Å². The maximum atomic E-state index is 12.1. The number of carbonyl (C=O) groups excluding carboxylic acids is 1. The number of rotatable bonds is 6. The summed E-state index contributed by atoms with van der Waals surface area (Å²) in [7, 11) is 0. The van der Waals surface area contributed by atoms with Gasteiger partial charge < -0.3 is 10.6 Å². The number of amides is 1. The smallest absolute Gasteiger partial charge is 0.237 e. The minimum absolute atomic E-state index is 0. The molecule has 25 heavy (non-hydrogen) atoms. The number of halogens is 1. The number of likely N-dealkylation sites (tertiary alicyclic amines) is 1. The van der Waals surface area contributed by atoms with Crippen LogP contribution in [0.15, 0.2) is 12.3 Å². The minimum atomic E-state index is 0. The third kappa shape index (κ3) is 5.43. The van der Waals surface area contributed by atoms with Gasteiger partial charge in [-0.2, -0.15) is 5.10 Å². The molecule has 142 valence electrons. The molecule has 2 aliphatic heterocycles. The first-order chi connectivity index (χ1) is 11.6. The summed E-state index contributed by atoms with van der Waals surface area (Å²) in [6, 6.07) is 2.55. The van der Waals surface area contributed by atoms with E-state index >= 15 is 0 Å². The van der Waals surface area contributed by atoms with Crippen LogP contribution < -0.4 is 10.6 Å². The van der Waals surface area contributed by atoms with Gasteiger partial charge in [-0.15, -0.1) is 12.4 Å². The number of piperidine rings is 1. The average molecular weight is 370 g/mol. The molecule has 1 aromatic rings. The zero-order valence-corrected chi connectivity index (χ0v) is 16.2. The van der Waals surface area contributed by atoms with Crippen LogP contribution in [-0.4, -0.2) is 52.8 Å². The van der Waals surface area contributed by atoms with E-state index in [2.05, 4.69) is 45.2 Å². The second-order valence-electron chi connectivity index (χ2n) is 7.50. The van der Waals surface area contributed by atoms with Crippen LogP contribution >= 0.6 is 12.4 Å². The number of hydrogen-bond acceptors (Lipinski definition) is 4. The van der Waals surface area contributed by atoms with Gasteiger partial charge in [0.1, 0.15) is 0 Å². The fourth-order valence-electron chi connectivity index (χ4n) is 3.90. The molecule has 0 bridgehead atoms. The van der Waals surface area contributed by atoms with E-state index in [0.29, 0.717) is 12.0 Å². The number of nitrogens with zero attached hydrogens (tertiary/aromatic N) is 3. The predicted octanol–water partition coefficient (Wildman–Crippen LogP) is 1.97. The summed E-state index contributed by atoms with van der Waals surface area (Å²) in [6.45, 7) is 9.26. The Bertz CT molecular complexity index is 541. The topological polar surface area (TPSA) is 62.2 Å². The van der Waals surface area contributed by atoms with Crippen molar-refractivity contribution in [3.63, 3.8) is 0 Å². The number of carbonyl (C=O) groups is 1. The van der Waals surface area contributed by atoms with Crippen molar-refractivity contribution in [3.8, 4) is 0 Å². The Labute approximate surface area is 157 Å². The molecule has 3 rings (SSSR count).